The Morgan fingerprint density at radius 2 is 1.82 bits per heavy atom. The number of hydrogen-bond donors (Lipinski definition) is 1. The van der Waals surface area contributed by atoms with Gasteiger partial charge in [0.05, 0.1) is 25.6 Å². The molecule has 1 heterocycles. The number of ether oxygens (including phenoxy) is 2. The molecule has 146 valence electrons. The number of benzene rings is 2. The van der Waals surface area contributed by atoms with Crippen molar-refractivity contribution in [1.29, 1.82) is 0 Å². The van der Waals surface area contributed by atoms with Gasteiger partial charge in [-0.3, -0.25) is 4.79 Å². The summed E-state index contributed by atoms with van der Waals surface area (Å²) in [4.78, 5) is 12.4. The number of nitrogens with one attached hydrogen (secondary N) is 1. The zero-order valence-corrected chi connectivity index (χ0v) is 16.3. The van der Waals surface area contributed by atoms with E-state index < -0.39 is 0 Å². The van der Waals surface area contributed by atoms with Crippen LogP contribution < -0.4 is 14.8 Å². The highest BCUT2D eigenvalue weighted by Crippen LogP contribution is 2.28. The summed E-state index contributed by atoms with van der Waals surface area (Å²) in [7, 11) is 1.60. The van der Waals surface area contributed by atoms with E-state index >= 15 is 0 Å². The molecule has 0 saturated heterocycles. The van der Waals surface area contributed by atoms with E-state index in [1.54, 1.807) is 18.0 Å². The number of carbonyl (C=O) groups excluding carboxylic acids is 1. The number of methoxy groups -OCH3 is 1. The molecule has 0 spiro atoms. The van der Waals surface area contributed by atoms with Crippen molar-refractivity contribution in [2.45, 2.75) is 26.8 Å². The van der Waals surface area contributed by atoms with Crippen molar-refractivity contribution in [3.05, 3.63) is 65.5 Å². The monoisotopic (exact) mass is 380 g/mol. The fourth-order valence-electron chi connectivity index (χ4n) is 2.75. The molecule has 0 aliphatic heterocycles. The highest BCUT2D eigenvalue weighted by atomic mass is 16.5. The average Bonchev–Trinajstić information content (AvgIpc) is 3.23. The number of amides is 1. The number of aryl methyl sites for hydroxylation is 1. The third kappa shape index (κ3) is 4.49. The number of carbonyl (C=O) groups is 1. The molecule has 0 unspecified atom stereocenters. The fraction of sp³-hybridized carbons (Fsp3) is 0.286. The fourth-order valence-corrected chi connectivity index (χ4v) is 2.75. The smallest absolute Gasteiger partial charge is 0.273 e. The van der Waals surface area contributed by atoms with Gasteiger partial charge in [-0.2, -0.15) is 0 Å². The highest BCUT2D eigenvalue weighted by Gasteiger charge is 2.12. The van der Waals surface area contributed by atoms with Crippen molar-refractivity contribution >= 4 is 5.91 Å². The van der Waals surface area contributed by atoms with Crippen molar-refractivity contribution < 1.29 is 14.3 Å². The Bertz CT molecular complexity index is 935. The lowest BCUT2D eigenvalue weighted by Crippen LogP contribution is -2.23. The molecular formula is C21H24N4O3. The molecule has 1 aromatic heterocycles. The van der Waals surface area contributed by atoms with Crippen LogP contribution in [0, 0.1) is 0 Å². The molecule has 28 heavy (non-hydrogen) atoms. The van der Waals surface area contributed by atoms with E-state index in [2.05, 4.69) is 22.6 Å². The van der Waals surface area contributed by atoms with Gasteiger partial charge in [-0.1, -0.05) is 30.3 Å². The molecular weight excluding hydrogens is 356 g/mol. The lowest BCUT2D eigenvalue weighted by atomic mass is 10.1. The van der Waals surface area contributed by atoms with Crippen LogP contribution in [0.3, 0.4) is 0 Å². The minimum Gasteiger partial charge on any atom is -0.493 e. The molecule has 0 bridgehead atoms. The van der Waals surface area contributed by atoms with Gasteiger partial charge in [0.15, 0.2) is 17.2 Å². The van der Waals surface area contributed by atoms with Crippen LogP contribution in [-0.4, -0.2) is 34.6 Å². The largest absolute Gasteiger partial charge is 0.493 e. The Balaban J connectivity index is 1.65. The third-order valence-electron chi connectivity index (χ3n) is 4.32. The van der Waals surface area contributed by atoms with Gasteiger partial charge >= 0.3 is 0 Å². The molecule has 0 radical (unpaired) electrons. The summed E-state index contributed by atoms with van der Waals surface area (Å²) in [6, 6.07) is 13.6. The van der Waals surface area contributed by atoms with E-state index in [1.807, 2.05) is 49.4 Å². The van der Waals surface area contributed by atoms with Crippen LogP contribution in [-0.2, 0) is 13.0 Å². The summed E-state index contributed by atoms with van der Waals surface area (Å²) in [5.74, 6) is 1.03. The van der Waals surface area contributed by atoms with Gasteiger partial charge in [0.25, 0.3) is 5.91 Å². The second-order valence-corrected chi connectivity index (χ2v) is 6.17. The first-order valence-electron chi connectivity index (χ1n) is 9.24. The first-order valence-corrected chi connectivity index (χ1v) is 9.24. The van der Waals surface area contributed by atoms with Gasteiger partial charge in [0.1, 0.15) is 0 Å². The van der Waals surface area contributed by atoms with Crippen molar-refractivity contribution in [3.8, 4) is 17.2 Å². The molecule has 0 atom stereocenters. The first-order chi connectivity index (χ1) is 13.6. The topological polar surface area (TPSA) is 78.3 Å². The number of aromatic nitrogens is 3. The molecule has 7 nitrogen and oxygen atoms in total. The van der Waals surface area contributed by atoms with E-state index in [4.69, 9.17) is 9.47 Å². The predicted molar refractivity (Wildman–Crippen MR) is 106 cm³/mol. The minimum absolute atomic E-state index is 0.262. The number of hydrogen-bond acceptors (Lipinski definition) is 5. The van der Waals surface area contributed by atoms with Crippen molar-refractivity contribution in [1.82, 2.24) is 20.3 Å². The SMILES string of the molecule is CCOc1cc(CNC(=O)c2cn(-c3ccc(CC)cc3)nn2)ccc1OC. The van der Waals surface area contributed by atoms with E-state index in [0.717, 1.165) is 17.7 Å². The quantitative estimate of drug-likeness (QED) is 0.649. The normalized spacial score (nSPS) is 10.5. The molecule has 1 amide bonds. The molecule has 0 saturated carbocycles. The summed E-state index contributed by atoms with van der Waals surface area (Å²) in [6.07, 6.45) is 2.59. The lowest BCUT2D eigenvalue weighted by molar-refractivity contribution is 0.0945. The van der Waals surface area contributed by atoms with Crippen LogP contribution in [0.5, 0.6) is 11.5 Å². The van der Waals surface area contributed by atoms with E-state index in [-0.39, 0.29) is 11.6 Å². The second kappa shape index (κ2) is 9.03. The standard InChI is InChI=1S/C21H24N4O3/c1-4-15-6-9-17(10-7-15)25-14-18(23-24-25)21(26)22-13-16-8-11-19(27-3)20(12-16)28-5-2/h6-12,14H,4-5,13H2,1-3H3,(H,22,26). The van der Waals surface area contributed by atoms with Crippen LogP contribution in [0.2, 0.25) is 0 Å². The lowest BCUT2D eigenvalue weighted by Gasteiger charge is -2.11. The third-order valence-corrected chi connectivity index (χ3v) is 4.32. The van der Waals surface area contributed by atoms with Gasteiger partial charge in [-0.05, 0) is 48.7 Å². The highest BCUT2D eigenvalue weighted by molar-refractivity contribution is 5.91. The molecule has 2 aromatic carbocycles. The predicted octanol–water partition coefficient (Wildman–Crippen LogP) is 3.17. The Labute approximate surface area is 164 Å². The van der Waals surface area contributed by atoms with Crippen LogP contribution in [0.1, 0.15) is 35.5 Å². The summed E-state index contributed by atoms with van der Waals surface area (Å²) >= 11 is 0. The Morgan fingerprint density at radius 3 is 2.50 bits per heavy atom. The Hall–Kier alpha value is -3.35. The van der Waals surface area contributed by atoms with Gasteiger partial charge < -0.3 is 14.8 Å². The van der Waals surface area contributed by atoms with Crippen molar-refractivity contribution in [2.24, 2.45) is 0 Å². The van der Waals surface area contributed by atoms with Gasteiger partial charge in [0.2, 0.25) is 0 Å². The molecule has 0 aliphatic carbocycles. The molecule has 0 aliphatic rings. The zero-order chi connectivity index (χ0) is 19.9. The zero-order valence-electron chi connectivity index (χ0n) is 16.3. The maximum Gasteiger partial charge on any atom is 0.273 e. The van der Waals surface area contributed by atoms with Gasteiger partial charge in [0, 0.05) is 6.54 Å². The summed E-state index contributed by atoms with van der Waals surface area (Å²) in [5.41, 5.74) is 3.27. The van der Waals surface area contributed by atoms with Gasteiger partial charge in [-0.25, -0.2) is 4.68 Å². The molecule has 1 N–H and O–H groups in total. The Morgan fingerprint density at radius 1 is 1.07 bits per heavy atom. The second-order valence-electron chi connectivity index (χ2n) is 6.17. The first kappa shape index (κ1) is 19.4. The van der Waals surface area contributed by atoms with Crippen LogP contribution in [0.15, 0.2) is 48.7 Å². The van der Waals surface area contributed by atoms with Crippen LogP contribution in [0.4, 0.5) is 0 Å². The van der Waals surface area contributed by atoms with E-state index in [9.17, 15) is 4.79 Å². The Kier molecular flexibility index (Phi) is 6.26. The molecule has 3 rings (SSSR count). The number of rotatable bonds is 8. The van der Waals surface area contributed by atoms with Crippen LogP contribution in [0.25, 0.3) is 5.69 Å². The van der Waals surface area contributed by atoms with Crippen LogP contribution >= 0.6 is 0 Å². The maximum absolute atomic E-state index is 12.4. The van der Waals surface area contributed by atoms with Crippen molar-refractivity contribution in [2.75, 3.05) is 13.7 Å². The molecule has 7 heteroatoms. The molecule has 3 aromatic rings. The average molecular weight is 380 g/mol. The minimum atomic E-state index is -0.287. The molecule has 0 fully saturated rings. The summed E-state index contributed by atoms with van der Waals surface area (Å²) < 4.78 is 12.4. The van der Waals surface area contributed by atoms with E-state index in [0.29, 0.717) is 24.7 Å². The van der Waals surface area contributed by atoms with Crippen molar-refractivity contribution in [3.63, 3.8) is 0 Å². The summed E-state index contributed by atoms with van der Waals surface area (Å²) in [5, 5.41) is 10.9. The van der Waals surface area contributed by atoms with E-state index in [1.165, 1.54) is 5.56 Å². The summed E-state index contributed by atoms with van der Waals surface area (Å²) in [6.45, 7) is 4.90. The maximum atomic E-state index is 12.4. The number of nitrogens with zero attached hydrogens (tertiary/aromatic N) is 3. The van der Waals surface area contributed by atoms with Gasteiger partial charge in [-0.15, -0.1) is 5.10 Å².